The van der Waals surface area contributed by atoms with Gasteiger partial charge in [0.05, 0.1) is 18.9 Å². The van der Waals surface area contributed by atoms with Gasteiger partial charge in [-0.2, -0.15) is 0 Å². The zero-order valence-corrected chi connectivity index (χ0v) is 15.8. The van der Waals surface area contributed by atoms with Crippen molar-refractivity contribution in [2.24, 2.45) is 0 Å². The molecule has 4 nitrogen and oxygen atoms in total. The molecule has 0 radical (unpaired) electrons. The molecule has 0 aromatic heterocycles. The molecule has 0 saturated carbocycles. The van der Waals surface area contributed by atoms with Crippen molar-refractivity contribution >= 4 is 11.6 Å². The Morgan fingerprint density at radius 2 is 1.72 bits per heavy atom. The smallest absolute Gasteiger partial charge is 0.256 e. The Morgan fingerprint density at radius 1 is 1.04 bits per heavy atom. The van der Waals surface area contributed by atoms with Gasteiger partial charge in [-0.25, -0.2) is 0 Å². The largest absolute Gasteiger partial charge is 0.496 e. The maximum Gasteiger partial charge on any atom is 0.256 e. The van der Waals surface area contributed by atoms with Crippen LogP contribution >= 0.6 is 0 Å². The number of nitrogens with one attached hydrogen (secondary N) is 1. The van der Waals surface area contributed by atoms with Crippen molar-refractivity contribution in [3.8, 4) is 11.5 Å². The summed E-state index contributed by atoms with van der Waals surface area (Å²) in [6, 6.07) is 11.3. The maximum absolute atomic E-state index is 12.8. The fourth-order valence-electron chi connectivity index (χ4n) is 2.69. The topological polar surface area (TPSA) is 47.6 Å². The maximum atomic E-state index is 12.8. The number of para-hydroxylation sites is 2. The van der Waals surface area contributed by atoms with E-state index in [1.54, 1.807) is 7.11 Å². The molecule has 2 rings (SSSR count). The molecule has 1 N–H and O–H groups in total. The summed E-state index contributed by atoms with van der Waals surface area (Å²) in [5.74, 6) is 1.59. The Labute approximate surface area is 150 Å². The van der Waals surface area contributed by atoms with Crippen LogP contribution in [0.25, 0.3) is 0 Å². The van der Waals surface area contributed by atoms with Gasteiger partial charge < -0.3 is 14.8 Å². The third-order valence-corrected chi connectivity index (χ3v) is 3.94. The summed E-state index contributed by atoms with van der Waals surface area (Å²) in [4.78, 5) is 12.8. The first kappa shape index (κ1) is 18.8. The summed E-state index contributed by atoms with van der Waals surface area (Å²) in [6.45, 7) is 10.0. The van der Waals surface area contributed by atoms with Gasteiger partial charge in [0, 0.05) is 5.56 Å². The summed E-state index contributed by atoms with van der Waals surface area (Å²) in [5, 5.41) is 2.97. The van der Waals surface area contributed by atoms with Crippen LogP contribution in [-0.2, 0) is 0 Å². The zero-order chi connectivity index (χ0) is 18.6. The monoisotopic (exact) mass is 341 g/mol. The molecule has 0 saturated heterocycles. The van der Waals surface area contributed by atoms with E-state index in [4.69, 9.17) is 9.47 Å². The second-order valence-electron chi connectivity index (χ2n) is 6.68. The van der Waals surface area contributed by atoms with Crippen LogP contribution in [0.15, 0.2) is 36.4 Å². The lowest BCUT2D eigenvalue weighted by molar-refractivity contribution is 0.102. The average Bonchev–Trinajstić information content (AvgIpc) is 2.55. The lowest BCUT2D eigenvalue weighted by Gasteiger charge is -2.17. The first-order valence-electron chi connectivity index (χ1n) is 8.59. The normalized spacial score (nSPS) is 10.9. The summed E-state index contributed by atoms with van der Waals surface area (Å²) >= 11 is 0. The van der Waals surface area contributed by atoms with E-state index >= 15 is 0 Å². The summed E-state index contributed by atoms with van der Waals surface area (Å²) < 4.78 is 11.2. The molecule has 0 spiro atoms. The average molecular weight is 341 g/mol. The standard InChI is InChI=1S/C21H27NO3/c1-13(2)16-12-17(15(5)11-20(16)24-6)21(23)22-18-9-7-8-10-19(18)25-14(3)4/h7-14H,1-6H3,(H,22,23). The van der Waals surface area contributed by atoms with E-state index in [1.165, 1.54) is 0 Å². The zero-order valence-electron chi connectivity index (χ0n) is 15.8. The predicted octanol–water partition coefficient (Wildman–Crippen LogP) is 5.17. The number of anilines is 1. The minimum Gasteiger partial charge on any atom is -0.496 e. The molecule has 0 aliphatic heterocycles. The molecule has 2 aromatic carbocycles. The van der Waals surface area contributed by atoms with Crippen molar-refractivity contribution in [1.29, 1.82) is 0 Å². The second-order valence-corrected chi connectivity index (χ2v) is 6.68. The van der Waals surface area contributed by atoms with E-state index in [1.807, 2.05) is 57.2 Å². The summed E-state index contributed by atoms with van der Waals surface area (Å²) in [6.07, 6.45) is 0.0355. The number of hydrogen-bond acceptors (Lipinski definition) is 3. The Morgan fingerprint density at radius 3 is 2.32 bits per heavy atom. The number of benzene rings is 2. The van der Waals surface area contributed by atoms with Crippen LogP contribution in [0.2, 0.25) is 0 Å². The van der Waals surface area contributed by atoms with Gasteiger partial charge in [-0.1, -0.05) is 26.0 Å². The Balaban J connectivity index is 2.35. The lowest BCUT2D eigenvalue weighted by atomic mass is 9.96. The highest BCUT2D eigenvalue weighted by Gasteiger charge is 2.17. The van der Waals surface area contributed by atoms with Crippen molar-refractivity contribution in [3.05, 3.63) is 53.1 Å². The molecule has 4 heteroatoms. The molecular formula is C21H27NO3. The minimum absolute atomic E-state index is 0.0355. The Hall–Kier alpha value is -2.49. The fraction of sp³-hybridized carbons (Fsp3) is 0.381. The quantitative estimate of drug-likeness (QED) is 0.789. The number of rotatable bonds is 6. The molecule has 2 aromatic rings. The van der Waals surface area contributed by atoms with Gasteiger partial charge in [0.2, 0.25) is 0 Å². The van der Waals surface area contributed by atoms with Gasteiger partial charge in [0.15, 0.2) is 0 Å². The fourth-order valence-corrected chi connectivity index (χ4v) is 2.69. The SMILES string of the molecule is COc1cc(C)c(C(=O)Nc2ccccc2OC(C)C)cc1C(C)C. The third kappa shape index (κ3) is 4.53. The summed E-state index contributed by atoms with van der Waals surface area (Å²) in [5.41, 5.74) is 3.21. The van der Waals surface area contributed by atoms with Crippen molar-refractivity contribution < 1.29 is 14.3 Å². The molecule has 1 amide bonds. The molecule has 0 aliphatic carbocycles. The first-order chi connectivity index (χ1) is 11.8. The first-order valence-corrected chi connectivity index (χ1v) is 8.59. The highest BCUT2D eigenvalue weighted by Crippen LogP contribution is 2.31. The number of aryl methyl sites for hydroxylation is 1. The van der Waals surface area contributed by atoms with E-state index in [2.05, 4.69) is 19.2 Å². The van der Waals surface area contributed by atoms with Crippen molar-refractivity contribution in [2.75, 3.05) is 12.4 Å². The van der Waals surface area contributed by atoms with Crippen LogP contribution in [0.3, 0.4) is 0 Å². The predicted molar refractivity (Wildman–Crippen MR) is 102 cm³/mol. The van der Waals surface area contributed by atoms with Crippen LogP contribution in [0.1, 0.15) is 55.1 Å². The molecular weight excluding hydrogens is 314 g/mol. The van der Waals surface area contributed by atoms with E-state index in [9.17, 15) is 4.79 Å². The highest BCUT2D eigenvalue weighted by atomic mass is 16.5. The third-order valence-electron chi connectivity index (χ3n) is 3.94. The number of carbonyl (C=O) groups excluding carboxylic acids is 1. The van der Waals surface area contributed by atoms with Gasteiger partial charge >= 0.3 is 0 Å². The van der Waals surface area contributed by atoms with Gasteiger partial charge in [0.25, 0.3) is 5.91 Å². The van der Waals surface area contributed by atoms with Crippen LogP contribution in [-0.4, -0.2) is 19.1 Å². The lowest BCUT2D eigenvalue weighted by Crippen LogP contribution is -2.16. The van der Waals surface area contributed by atoms with E-state index < -0.39 is 0 Å². The molecule has 0 bridgehead atoms. The molecule has 134 valence electrons. The van der Waals surface area contributed by atoms with Gasteiger partial charge in [0.1, 0.15) is 11.5 Å². The molecule has 0 atom stereocenters. The second kappa shape index (κ2) is 8.06. The molecule has 0 aliphatic rings. The molecule has 25 heavy (non-hydrogen) atoms. The van der Waals surface area contributed by atoms with Gasteiger partial charge in [-0.05, 0) is 62.1 Å². The number of carbonyl (C=O) groups is 1. The number of ether oxygens (including phenoxy) is 2. The Kier molecular flexibility index (Phi) is 6.07. The minimum atomic E-state index is -0.151. The number of hydrogen-bond donors (Lipinski definition) is 1. The number of amides is 1. The number of methoxy groups -OCH3 is 1. The van der Waals surface area contributed by atoms with Crippen molar-refractivity contribution in [1.82, 2.24) is 0 Å². The van der Waals surface area contributed by atoms with Crippen LogP contribution in [0.5, 0.6) is 11.5 Å². The highest BCUT2D eigenvalue weighted by molar-refractivity contribution is 6.06. The van der Waals surface area contributed by atoms with Gasteiger partial charge in [-0.15, -0.1) is 0 Å². The Bertz CT molecular complexity index is 751. The summed E-state index contributed by atoms with van der Waals surface area (Å²) in [7, 11) is 1.65. The molecule has 0 fully saturated rings. The van der Waals surface area contributed by atoms with Crippen molar-refractivity contribution in [2.45, 2.75) is 46.6 Å². The molecule has 0 heterocycles. The van der Waals surface area contributed by atoms with Crippen LogP contribution < -0.4 is 14.8 Å². The van der Waals surface area contributed by atoms with Crippen molar-refractivity contribution in [3.63, 3.8) is 0 Å². The van der Waals surface area contributed by atoms with E-state index in [0.29, 0.717) is 17.0 Å². The van der Waals surface area contributed by atoms with E-state index in [0.717, 1.165) is 16.9 Å². The van der Waals surface area contributed by atoms with Gasteiger partial charge in [-0.3, -0.25) is 4.79 Å². The molecule has 0 unspecified atom stereocenters. The van der Waals surface area contributed by atoms with Crippen LogP contribution in [0, 0.1) is 6.92 Å². The van der Waals surface area contributed by atoms with Crippen LogP contribution in [0.4, 0.5) is 5.69 Å². The van der Waals surface area contributed by atoms with E-state index in [-0.39, 0.29) is 17.9 Å².